The zero-order valence-electron chi connectivity index (χ0n) is 9.02. The van der Waals surface area contributed by atoms with Crippen LogP contribution in [-0.4, -0.2) is 36.5 Å². The van der Waals surface area contributed by atoms with Gasteiger partial charge in [-0.3, -0.25) is 0 Å². The Labute approximate surface area is 93.6 Å². The van der Waals surface area contributed by atoms with E-state index in [1.54, 1.807) is 6.08 Å². The van der Waals surface area contributed by atoms with Crippen LogP contribution in [0, 0.1) is 0 Å². The minimum absolute atomic E-state index is 0.203. The molecule has 1 fully saturated rings. The maximum atomic E-state index is 5.46. The Morgan fingerprint density at radius 2 is 2.44 bits per heavy atom. The third-order valence-electron chi connectivity index (χ3n) is 2.15. The number of aromatic nitrogens is 2. The molecule has 0 bridgehead atoms. The van der Waals surface area contributed by atoms with Gasteiger partial charge in [0.1, 0.15) is 6.10 Å². The third kappa shape index (κ3) is 2.88. The van der Waals surface area contributed by atoms with E-state index in [1.807, 2.05) is 0 Å². The highest BCUT2D eigenvalue weighted by atomic mass is 16.6. The molecule has 1 N–H and O–H groups in total. The first-order valence-corrected chi connectivity index (χ1v) is 5.23. The monoisotopic (exact) mass is 225 g/mol. The van der Waals surface area contributed by atoms with E-state index in [4.69, 9.17) is 14.0 Å². The van der Waals surface area contributed by atoms with Crippen LogP contribution in [0.1, 0.15) is 17.8 Å². The predicted octanol–water partition coefficient (Wildman–Crippen LogP) is 0.433. The first kappa shape index (κ1) is 11.3. The molecule has 0 aliphatic carbocycles. The molecule has 0 spiro atoms. The summed E-state index contributed by atoms with van der Waals surface area (Å²) in [6.45, 7) is 6.53. The van der Waals surface area contributed by atoms with Gasteiger partial charge in [0, 0.05) is 6.54 Å². The summed E-state index contributed by atoms with van der Waals surface area (Å²) < 4.78 is 15.8. The summed E-state index contributed by atoms with van der Waals surface area (Å²) in [6, 6.07) is 0. The van der Waals surface area contributed by atoms with Gasteiger partial charge in [0.05, 0.1) is 26.4 Å². The molecular formula is C10H15N3O3. The number of hydrogen-bond donors (Lipinski definition) is 1. The second-order valence-electron chi connectivity index (χ2n) is 3.40. The zero-order chi connectivity index (χ0) is 11.2. The SMILES string of the molecule is C=CCNCc1nc(C2COCCO2)no1. The van der Waals surface area contributed by atoms with Gasteiger partial charge in [0.25, 0.3) is 0 Å². The number of hydrogen-bond acceptors (Lipinski definition) is 6. The summed E-state index contributed by atoms with van der Waals surface area (Å²) in [5.41, 5.74) is 0. The Hall–Kier alpha value is -1.24. The second kappa shape index (κ2) is 5.74. The van der Waals surface area contributed by atoms with Crippen LogP contribution in [0.15, 0.2) is 17.2 Å². The molecule has 6 nitrogen and oxygen atoms in total. The number of nitrogens with zero attached hydrogens (tertiary/aromatic N) is 2. The summed E-state index contributed by atoms with van der Waals surface area (Å²) in [5, 5.41) is 6.94. The highest BCUT2D eigenvalue weighted by molar-refractivity contribution is 4.92. The van der Waals surface area contributed by atoms with Crippen LogP contribution >= 0.6 is 0 Å². The van der Waals surface area contributed by atoms with Crippen molar-refractivity contribution in [2.45, 2.75) is 12.6 Å². The van der Waals surface area contributed by atoms with E-state index in [-0.39, 0.29) is 6.10 Å². The molecule has 1 atom stereocenters. The first-order chi connectivity index (χ1) is 7.90. The summed E-state index contributed by atoms with van der Waals surface area (Å²) in [6.07, 6.45) is 1.57. The summed E-state index contributed by atoms with van der Waals surface area (Å²) >= 11 is 0. The first-order valence-electron chi connectivity index (χ1n) is 5.23. The van der Waals surface area contributed by atoms with Crippen LogP contribution in [0.5, 0.6) is 0 Å². The van der Waals surface area contributed by atoms with Crippen molar-refractivity contribution in [1.82, 2.24) is 15.5 Å². The maximum absolute atomic E-state index is 5.46. The average molecular weight is 225 g/mol. The van der Waals surface area contributed by atoms with Crippen LogP contribution in [0.2, 0.25) is 0 Å². The molecule has 1 aromatic rings. The quantitative estimate of drug-likeness (QED) is 0.579. The molecule has 0 amide bonds. The van der Waals surface area contributed by atoms with E-state index in [0.29, 0.717) is 44.6 Å². The maximum Gasteiger partial charge on any atom is 0.240 e. The van der Waals surface area contributed by atoms with Crippen molar-refractivity contribution in [3.63, 3.8) is 0 Å². The normalized spacial score (nSPS) is 20.9. The summed E-state index contributed by atoms with van der Waals surface area (Å²) in [7, 11) is 0. The van der Waals surface area contributed by atoms with Crippen LogP contribution in [0.4, 0.5) is 0 Å². The van der Waals surface area contributed by atoms with E-state index >= 15 is 0 Å². The average Bonchev–Trinajstić information content (AvgIpc) is 2.79. The zero-order valence-corrected chi connectivity index (χ0v) is 9.02. The Morgan fingerprint density at radius 3 is 3.19 bits per heavy atom. The third-order valence-corrected chi connectivity index (χ3v) is 2.15. The molecule has 0 radical (unpaired) electrons. The van der Waals surface area contributed by atoms with Crippen molar-refractivity contribution in [3.05, 3.63) is 24.4 Å². The standard InChI is InChI=1S/C10H15N3O3/c1-2-3-11-6-9-12-10(13-16-9)8-7-14-4-5-15-8/h2,8,11H,1,3-7H2. The molecule has 1 saturated heterocycles. The van der Waals surface area contributed by atoms with Gasteiger partial charge in [-0.05, 0) is 0 Å². The number of rotatable bonds is 5. The number of ether oxygens (including phenoxy) is 2. The Kier molecular flexibility index (Phi) is 4.03. The van der Waals surface area contributed by atoms with E-state index in [2.05, 4.69) is 22.0 Å². The van der Waals surface area contributed by atoms with Gasteiger partial charge in [0.2, 0.25) is 11.7 Å². The van der Waals surface area contributed by atoms with Gasteiger partial charge in [0.15, 0.2) is 0 Å². The number of nitrogens with one attached hydrogen (secondary N) is 1. The molecule has 2 rings (SSSR count). The van der Waals surface area contributed by atoms with Gasteiger partial charge >= 0.3 is 0 Å². The van der Waals surface area contributed by atoms with Crippen LogP contribution < -0.4 is 5.32 Å². The van der Waals surface area contributed by atoms with Crippen molar-refractivity contribution >= 4 is 0 Å². The Morgan fingerprint density at radius 1 is 1.50 bits per heavy atom. The molecule has 88 valence electrons. The summed E-state index contributed by atoms with van der Waals surface area (Å²) in [5.74, 6) is 1.10. The Bertz CT molecular complexity index is 334. The lowest BCUT2D eigenvalue weighted by atomic mass is 10.3. The smallest absolute Gasteiger partial charge is 0.240 e. The molecule has 6 heteroatoms. The minimum Gasteiger partial charge on any atom is -0.376 e. The van der Waals surface area contributed by atoms with E-state index in [9.17, 15) is 0 Å². The van der Waals surface area contributed by atoms with Crippen LogP contribution in [0.25, 0.3) is 0 Å². The van der Waals surface area contributed by atoms with Crippen molar-refractivity contribution in [2.24, 2.45) is 0 Å². The van der Waals surface area contributed by atoms with Gasteiger partial charge in [-0.25, -0.2) is 0 Å². The van der Waals surface area contributed by atoms with Crippen molar-refractivity contribution in [1.29, 1.82) is 0 Å². The molecule has 1 aromatic heterocycles. The van der Waals surface area contributed by atoms with Gasteiger partial charge in [-0.15, -0.1) is 6.58 Å². The van der Waals surface area contributed by atoms with Crippen molar-refractivity contribution in [3.8, 4) is 0 Å². The molecular weight excluding hydrogens is 210 g/mol. The molecule has 1 aliphatic rings. The van der Waals surface area contributed by atoms with E-state index in [1.165, 1.54) is 0 Å². The largest absolute Gasteiger partial charge is 0.376 e. The topological polar surface area (TPSA) is 69.4 Å². The van der Waals surface area contributed by atoms with Gasteiger partial charge in [-0.1, -0.05) is 11.2 Å². The molecule has 1 unspecified atom stereocenters. The van der Waals surface area contributed by atoms with E-state index in [0.717, 1.165) is 0 Å². The Balaban J connectivity index is 1.88. The van der Waals surface area contributed by atoms with E-state index < -0.39 is 0 Å². The minimum atomic E-state index is -0.203. The van der Waals surface area contributed by atoms with Crippen molar-refractivity contribution in [2.75, 3.05) is 26.4 Å². The molecule has 16 heavy (non-hydrogen) atoms. The second-order valence-corrected chi connectivity index (χ2v) is 3.40. The molecule has 0 aromatic carbocycles. The lowest BCUT2D eigenvalue weighted by Crippen LogP contribution is -2.22. The molecule has 1 aliphatic heterocycles. The highest BCUT2D eigenvalue weighted by Crippen LogP contribution is 2.17. The van der Waals surface area contributed by atoms with Crippen LogP contribution in [0.3, 0.4) is 0 Å². The van der Waals surface area contributed by atoms with Gasteiger partial charge in [-0.2, -0.15) is 4.98 Å². The highest BCUT2D eigenvalue weighted by Gasteiger charge is 2.21. The fraction of sp³-hybridized carbons (Fsp3) is 0.600. The lowest BCUT2D eigenvalue weighted by molar-refractivity contribution is -0.0941. The summed E-state index contributed by atoms with van der Waals surface area (Å²) in [4.78, 5) is 4.23. The molecule has 0 saturated carbocycles. The van der Waals surface area contributed by atoms with Gasteiger partial charge < -0.3 is 19.3 Å². The predicted molar refractivity (Wildman–Crippen MR) is 55.7 cm³/mol. The van der Waals surface area contributed by atoms with Crippen molar-refractivity contribution < 1.29 is 14.0 Å². The van der Waals surface area contributed by atoms with Crippen LogP contribution in [-0.2, 0) is 16.0 Å². The molecule has 2 heterocycles. The lowest BCUT2D eigenvalue weighted by Gasteiger charge is -2.19. The fourth-order valence-electron chi connectivity index (χ4n) is 1.39. The fourth-order valence-corrected chi connectivity index (χ4v) is 1.39.